The molecule has 0 bridgehead atoms. The van der Waals surface area contributed by atoms with Gasteiger partial charge in [0.1, 0.15) is 5.75 Å². The Kier molecular flexibility index (Phi) is 4.56. The molecule has 1 nitrogen and oxygen atoms in total. The average Bonchev–Trinajstić information content (AvgIpc) is 2.84. The number of fused-ring (bicyclic) bond motifs is 1. The number of allylic oxidation sites excluding steroid dienone is 4. The summed E-state index contributed by atoms with van der Waals surface area (Å²) in [5.41, 5.74) is 3.02. The molecule has 0 aromatic heterocycles. The maximum atomic E-state index is 11.2. The van der Waals surface area contributed by atoms with E-state index in [0.717, 1.165) is 5.56 Å². The lowest BCUT2D eigenvalue weighted by Crippen LogP contribution is -2.49. The zero-order valence-electron chi connectivity index (χ0n) is 16.9. The number of phenolic OH excluding ortho intramolecular Hbond substituents is 1. The van der Waals surface area contributed by atoms with Crippen LogP contribution < -0.4 is 5.19 Å². The highest BCUT2D eigenvalue weighted by Crippen LogP contribution is 2.53. The van der Waals surface area contributed by atoms with Gasteiger partial charge < -0.3 is 5.11 Å². The van der Waals surface area contributed by atoms with Gasteiger partial charge in [-0.05, 0) is 52.8 Å². The first-order chi connectivity index (χ1) is 11.5. The number of benzene rings is 1. The number of aryl methyl sites for hydroxylation is 1. The summed E-state index contributed by atoms with van der Waals surface area (Å²) in [5.74, 6) is 2.60. The molecule has 1 fully saturated rings. The molecule has 25 heavy (non-hydrogen) atoms. The Morgan fingerprint density at radius 3 is 2.36 bits per heavy atom. The molecule has 0 radical (unpaired) electrons. The molecule has 4 atom stereocenters. The first-order valence-electron chi connectivity index (χ1n) is 9.73. The van der Waals surface area contributed by atoms with Crippen molar-refractivity contribution in [1.29, 1.82) is 0 Å². The highest BCUT2D eigenvalue weighted by molar-refractivity contribution is 6.91. The number of phenols is 1. The molecule has 2 aliphatic rings. The van der Waals surface area contributed by atoms with Gasteiger partial charge in [0.15, 0.2) is 0 Å². The molecule has 3 rings (SSSR count). The van der Waals surface area contributed by atoms with E-state index in [-0.39, 0.29) is 5.41 Å². The van der Waals surface area contributed by atoms with Gasteiger partial charge in [-0.1, -0.05) is 82.8 Å². The standard InChI is InChI=1S/C23H34OSi/c1-15-12-19(23(3,4)5)21(24)20(13-15)25(6,7)22-16(2)14-17-10-8-9-11-18(17)22/h8-13,16-18,22,24H,14H2,1-7H3/t16-,17?,18?,22?/m1/s1. The van der Waals surface area contributed by atoms with E-state index >= 15 is 0 Å². The SMILES string of the molecule is Cc1cc(C(C)(C)C)c(O)c([Si](C)(C)C2C3C=CC=CC3C[C@H]2C)c1. The Balaban J connectivity index is 2.10. The first-order valence-corrected chi connectivity index (χ1v) is 12.8. The zero-order chi connectivity index (χ0) is 18.6. The van der Waals surface area contributed by atoms with Crippen LogP contribution in [0.1, 0.15) is 45.2 Å². The van der Waals surface area contributed by atoms with E-state index in [9.17, 15) is 5.11 Å². The Hall–Kier alpha value is -1.28. The number of hydrogen-bond acceptors (Lipinski definition) is 1. The largest absolute Gasteiger partial charge is 0.508 e. The molecular formula is C23H34OSi. The number of hydrogen-bond donors (Lipinski definition) is 1. The van der Waals surface area contributed by atoms with Crippen molar-refractivity contribution in [3.8, 4) is 5.75 Å². The van der Waals surface area contributed by atoms with Crippen molar-refractivity contribution in [3.63, 3.8) is 0 Å². The van der Waals surface area contributed by atoms with Crippen molar-refractivity contribution in [1.82, 2.24) is 0 Å². The van der Waals surface area contributed by atoms with Crippen LogP contribution in [0.3, 0.4) is 0 Å². The fourth-order valence-electron chi connectivity index (χ4n) is 5.46. The summed E-state index contributed by atoms with van der Waals surface area (Å²) in [6.45, 7) is 16.1. The number of rotatable bonds is 2. The van der Waals surface area contributed by atoms with Gasteiger partial charge in [0.05, 0.1) is 8.07 Å². The summed E-state index contributed by atoms with van der Waals surface area (Å²) < 4.78 is 0. The Labute approximate surface area is 154 Å². The first kappa shape index (κ1) is 18.5. The summed E-state index contributed by atoms with van der Waals surface area (Å²) in [6.07, 6.45) is 10.6. The van der Waals surface area contributed by atoms with E-state index in [1.165, 1.54) is 17.2 Å². The molecule has 0 spiro atoms. The Morgan fingerprint density at radius 2 is 1.72 bits per heavy atom. The predicted molar refractivity (Wildman–Crippen MR) is 111 cm³/mol. The van der Waals surface area contributed by atoms with E-state index in [1.54, 1.807) is 0 Å². The minimum Gasteiger partial charge on any atom is -0.508 e. The summed E-state index contributed by atoms with van der Waals surface area (Å²) >= 11 is 0. The van der Waals surface area contributed by atoms with Gasteiger partial charge in [-0.2, -0.15) is 0 Å². The second kappa shape index (κ2) is 6.16. The van der Waals surface area contributed by atoms with Crippen LogP contribution in [0.4, 0.5) is 0 Å². The predicted octanol–water partition coefficient (Wildman–Crippen LogP) is 5.68. The van der Waals surface area contributed by atoms with Crippen molar-refractivity contribution in [2.45, 2.75) is 65.1 Å². The topological polar surface area (TPSA) is 20.2 Å². The maximum absolute atomic E-state index is 11.2. The molecule has 0 amide bonds. The third-order valence-electron chi connectivity index (χ3n) is 6.56. The molecule has 0 aliphatic heterocycles. The van der Waals surface area contributed by atoms with Crippen LogP contribution in [0, 0.1) is 24.7 Å². The second-order valence-corrected chi connectivity index (χ2v) is 14.6. The minimum atomic E-state index is -1.84. The van der Waals surface area contributed by atoms with Crippen molar-refractivity contribution in [2.24, 2.45) is 17.8 Å². The van der Waals surface area contributed by atoms with E-state index in [2.05, 4.69) is 84.1 Å². The molecular weight excluding hydrogens is 320 g/mol. The summed E-state index contributed by atoms with van der Waals surface area (Å²) in [4.78, 5) is 0. The molecule has 1 aromatic rings. The summed E-state index contributed by atoms with van der Waals surface area (Å²) in [7, 11) is -1.84. The third kappa shape index (κ3) is 3.14. The third-order valence-corrected chi connectivity index (χ3v) is 10.9. The van der Waals surface area contributed by atoms with Crippen LogP contribution in [0.25, 0.3) is 0 Å². The highest BCUT2D eigenvalue weighted by atomic mass is 28.3. The van der Waals surface area contributed by atoms with E-state index in [4.69, 9.17) is 0 Å². The van der Waals surface area contributed by atoms with Crippen molar-refractivity contribution < 1.29 is 5.11 Å². The smallest absolute Gasteiger partial charge is 0.118 e. The van der Waals surface area contributed by atoms with Gasteiger partial charge in [0.2, 0.25) is 0 Å². The lowest BCUT2D eigenvalue weighted by molar-refractivity contribution is 0.449. The van der Waals surface area contributed by atoms with Crippen LogP contribution in [-0.2, 0) is 5.41 Å². The average molecular weight is 355 g/mol. The molecule has 2 aliphatic carbocycles. The Morgan fingerprint density at radius 1 is 1.08 bits per heavy atom. The summed E-state index contributed by atoms with van der Waals surface area (Å²) in [5, 5.41) is 12.5. The van der Waals surface area contributed by atoms with Crippen LogP contribution in [0.15, 0.2) is 36.4 Å². The van der Waals surface area contributed by atoms with Gasteiger partial charge in [0, 0.05) is 0 Å². The highest BCUT2D eigenvalue weighted by Gasteiger charge is 2.49. The molecule has 3 unspecified atom stereocenters. The van der Waals surface area contributed by atoms with Crippen LogP contribution >= 0.6 is 0 Å². The Bertz CT molecular complexity index is 720. The molecule has 1 N–H and O–H groups in total. The van der Waals surface area contributed by atoms with Crippen molar-refractivity contribution in [2.75, 3.05) is 0 Å². The van der Waals surface area contributed by atoms with Crippen LogP contribution in [-0.4, -0.2) is 13.2 Å². The zero-order valence-corrected chi connectivity index (χ0v) is 17.9. The van der Waals surface area contributed by atoms with Crippen LogP contribution in [0.2, 0.25) is 18.6 Å². The van der Waals surface area contributed by atoms with E-state index < -0.39 is 8.07 Å². The quantitative estimate of drug-likeness (QED) is 0.677. The molecule has 0 heterocycles. The maximum Gasteiger partial charge on any atom is 0.118 e. The van der Waals surface area contributed by atoms with Crippen molar-refractivity contribution in [3.05, 3.63) is 47.6 Å². The summed E-state index contributed by atoms with van der Waals surface area (Å²) in [6, 6.07) is 4.45. The van der Waals surface area contributed by atoms with E-state index in [0.29, 0.717) is 29.0 Å². The fraction of sp³-hybridized carbons (Fsp3) is 0.565. The molecule has 0 saturated heterocycles. The minimum absolute atomic E-state index is 0.0351. The van der Waals surface area contributed by atoms with Gasteiger partial charge >= 0.3 is 0 Å². The molecule has 1 saturated carbocycles. The van der Waals surface area contributed by atoms with Crippen molar-refractivity contribution >= 4 is 13.3 Å². The fourth-order valence-corrected chi connectivity index (χ4v) is 10.0. The lowest BCUT2D eigenvalue weighted by atomic mass is 9.85. The van der Waals surface area contributed by atoms with Gasteiger partial charge in [-0.25, -0.2) is 0 Å². The van der Waals surface area contributed by atoms with E-state index in [1.807, 2.05) is 0 Å². The molecule has 1 aromatic carbocycles. The lowest BCUT2D eigenvalue weighted by Gasteiger charge is -2.39. The van der Waals surface area contributed by atoms with Gasteiger partial charge in [-0.3, -0.25) is 0 Å². The normalized spacial score (nSPS) is 29.1. The van der Waals surface area contributed by atoms with Gasteiger partial charge in [-0.15, -0.1) is 0 Å². The molecule has 136 valence electrons. The molecule has 2 heteroatoms. The van der Waals surface area contributed by atoms with Gasteiger partial charge in [0.25, 0.3) is 0 Å². The second-order valence-electron chi connectivity index (χ2n) is 9.93. The monoisotopic (exact) mass is 354 g/mol. The number of aromatic hydroxyl groups is 1. The van der Waals surface area contributed by atoms with Crippen LogP contribution in [0.5, 0.6) is 5.75 Å².